The van der Waals surface area contributed by atoms with E-state index in [4.69, 9.17) is 9.47 Å². The monoisotopic (exact) mass is 640 g/mol. The van der Waals surface area contributed by atoms with E-state index in [1.807, 2.05) is 42.5 Å². The van der Waals surface area contributed by atoms with Crippen LogP contribution in [0.15, 0.2) is 114 Å². The van der Waals surface area contributed by atoms with Crippen molar-refractivity contribution >= 4 is 10.0 Å². The van der Waals surface area contributed by atoms with Gasteiger partial charge in [-0.2, -0.15) is 0 Å². The number of nitrogens with one attached hydrogen (secondary N) is 1. The number of rotatable bonds is 10. The van der Waals surface area contributed by atoms with E-state index in [2.05, 4.69) is 46.0 Å². The molecule has 4 atom stereocenters. The van der Waals surface area contributed by atoms with Crippen molar-refractivity contribution in [2.75, 3.05) is 19.6 Å². The van der Waals surface area contributed by atoms with E-state index >= 15 is 0 Å². The second-order valence-corrected chi connectivity index (χ2v) is 14.1. The summed E-state index contributed by atoms with van der Waals surface area (Å²) in [7, 11) is -3.61. The summed E-state index contributed by atoms with van der Waals surface area (Å²) in [5.41, 5.74) is 4.81. The van der Waals surface area contributed by atoms with Gasteiger partial charge in [-0.25, -0.2) is 13.1 Å². The molecule has 4 aromatic carbocycles. The molecule has 0 spiro atoms. The number of aliphatic hydroxyl groups is 1. The van der Waals surface area contributed by atoms with Crippen LogP contribution in [0, 0.1) is 0 Å². The van der Waals surface area contributed by atoms with Crippen molar-refractivity contribution in [3.05, 3.63) is 137 Å². The molecule has 2 aliphatic heterocycles. The first kappa shape index (κ1) is 32.6. The van der Waals surface area contributed by atoms with E-state index in [1.165, 1.54) is 37.7 Å². The van der Waals surface area contributed by atoms with Crippen molar-refractivity contribution in [3.63, 3.8) is 0 Å². The smallest absolute Gasteiger partial charge is 0.240 e. The molecule has 7 nitrogen and oxygen atoms in total. The summed E-state index contributed by atoms with van der Waals surface area (Å²) < 4.78 is 42.0. The third-order valence-corrected chi connectivity index (χ3v) is 10.5. The van der Waals surface area contributed by atoms with Crippen LogP contribution < -0.4 is 4.72 Å². The number of nitrogens with zero attached hydrogens (tertiary/aromatic N) is 1. The average Bonchev–Trinajstić information content (AvgIpc) is 3.09. The fourth-order valence-electron chi connectivity index (χ4n) is 6.57. The van der Waals surface area contributed by atoms with Gasteiger partial charge < -0.3 is 19.5 Å². The Hall–Kier alpha value is -3.37. The Morgan fingerprint density at radius 2 is 1.26 bits per heavy atom. The van der Waals surface area contributed by atoms with E-state index in [9.17, 15) is 13.5 Å². The minimum Gasteiger partial charge on any atom is -0.392 e. The first-order valence-electron chi connectivity index (χ1n) is 16.4. The van der Waals surface area contributed by atoms with Crippen LogP contribution in [0.5, 0.6) is 0 Å². The topological polar surface area (TPSA) is 88.1 Å². The highest BCUT2D eigenvalue weighted by Crippen LogP contribution is 2.47. The molecule has 0 radical (unpaired) electrons. The van der Waals surface area contributed by atoms with E-state index < -0.39 is 16.3 Å². The lowest BCUT2D eigenvalue weighted by Gasteiger charge is -2.44. The molecule has 0 aromatic heterocycles. The Morgan fingerprint density at radius 1 is 0.674 bits per heavy atom. The number of hydrogen-bond donors (Lipinski definition) is 2. The van der Waals surface area contributed by atoms with Crippen LogP contribution in [-0.2, 0) is 32.6 Å². The standard InChI is InChI=1S/C38H44N2O5S/c41-28-30-18-20-32(21-19-30)37-36(31-12-6-4-7-13-31)35(27-40-24-10-2-1-3-11-25-40)44-38(45-37)33-22-16-29(17-23-33)26-39-46(42,43)34-14-8-5-9-15-34/h4-9,12-23,35-39,41H,1-3,10-11,24-28H2/t35-,36-,37+,38?/m1/s1. The Morgan fingerprint density at radius 3 is 1.91 bits per heavy atom. The van der Waals surface area contributed by atoms with Gasteiger partial charge >= 0.3 is 0 Å². The molecule has 2 N–H and O–H groups in total. The quantitative estimate of drug-likeness (QED) is 0.197. The molecule has 0 aliphatic carbocycles. The van der Waals surface area contributed by atoms with E-state index in [0.29, 0.717) is 0 Å². The molecule has 0 saturated carbocycles. The second kappa shape index (κ2) is 15.5. The molecule has 242 valence electrons. The highest BCUT2D eigenvalue weighted by atomic mass is 32.2. The van der Waals surface area contributed by atoms with Gasteiger partial charge in [-0.1, -0.05) is 116 Å². The van der Waals surface area contributed by atoms with Crippen molar-refractivity contribution in [2.24, 2.45) is 0 Å². The maximum atomic E-state index is 12.7. The zero-order valence-corrected chi connectivity index (χ0v) is 27.0. The molecule has 2 saturated heterocycles. The summed E-state index contributed by atoms with van der Waals surface area (Å²) in [6, 6.07) is 34.8. The third-order valence-electron chi connectivity index (χ3n) is 9.13. The van der Waals surface area contributed by atoms with Crippen molar-refractivity contribution in [1.82, 2.24) is 9.62 Å². The number of benzene rings is 4. The van der Waals surface area contributed by atoms with Crippen molar-refractivity contribution in [3.8, 4) is 0 Å². The number of hydrogen-bond acceptors (Lipinski definition) is 6. The molecule has 6 rings (SSSR count). The van der Waals surface area contributed by atoms with E-state index in [-0.39, 0.29) is 36.2 Å². The maximum absolute atomic E-state index is 12.7. The van der Waals surface area contributed by atoms with Crippen LogP contribution in [0.2, 0.25) is 0 Å². The summed E-state index contributed by atoms with van der Waals surface area (Å²) in [6.07, 6.45) is 5.25. The van der Waals surface area contributed by atoms with Crippen LogP contribution >= 0.6 is 0 Å². The Balaban J connectivity index is 1.27. The van der Waals surface area contributed by atoms with Crippen LogP contribution in [-0.4, -0.2) is 44.2 Å². The molecule has 0 amide bonds. The fraction of sp³-hybridized carbons (Fsp3) is 0.368. The summed E-state index contributed by atoms with van der Waals surface area (Å²) in [5, 5.41) is 9.70. The highest BCUT2D eigenvalue weighted by molar-refractivity contribution is 7.89. The Bertz CT molecular complexity index is 1610. The van der Waals surface area contributed by atoms with Crippen LogP contribution in [0.25, 0.3) is 0 Å². The molecule has 2 aliphatic rings. The first-order chi connectivity index (χ1) is 22.5. The lowest BCUT2D eigenvalue weighted by atomic mass is 9.83. The van der Waals surface area contributed by atoms with Crippen LogP contribution in [0.1, 0.15) is 78.2 Å². The summed E-state index contributed by atoms with van der Waals surface area (Å²) in [6.45, 7) is 3.11. The van der Waals surface area contributed by atoms with Gasteiger partial charge in [0.05, 0.1) is 23.7 Å². The molecule has 4 aromatic rings. The lowest BCUT2D eigenvalue weighted by Crippen LogP contribution is -2.45. The van der Waals surface area contributed by atoms with Gasteiger partial charge in [0.1, 0.15) is 0 Å². The number of sulfonamides is 1. The zero-order valence-electron chi connectivity index (χ0n) is 26.2. The molecule has 46 heavy (non-hydrogen) atoms. The predicted molar refractivity (Wildman–Crippen MR) is 179 cm³/mol. The summed E-state index contributed by atoms with van der Waals surface area (Å²) >= 11 is 0. The molecule has 0 bridgehead atoms. The van der Waals surface area contributed by atoms with E-state index in [1.54, 1.807) is 30.3 Å². The predicted octanol–water partition coefficient (Wildman–Crippen LogP) is 6.86. The first-order valence-corrected chi connectivity index (χ1v) is 17.9. The highest BCUT2D eigenvalue weighted by Gasteiger charge is 2.42. The van der Waals surface area contributed by atoms with Gasteiger partial charge in [0.15, 0.2) is 6.29 Å². The second-order valence-electron chi connectivity index (χ2n) is 12.3. The van der Waals surface area contributed by atoms with Gasteiger partial charge in [-0.3, -0.25) is 0 Å². The molecular formula is C38H44N2O5S. The minimum absolute atomic E-state index is 0.00884. The summed E-state index contributed by atoms with van der Waals surface area (Å²) in [5.74, 6) is -0.0328. The number of aliphatic hydroxyl groups excluding tert-OH is 1. The number of ether oxygens (including phenoxy) is 2. The molecule has 8 heteroatoms. The zero-order chi connectivity index (χ0) is 31.8. The average molecular weight is 641 g/mol. The molecule has 2 fully saturated rings. The van der Waals surface area contributed by atoms with Crippen LogP contribution in [0.3, 0.4) is 0 Å². The lowest BCUT2D eigenvalue weighted by molar-refractivity contribution is -0.263. The minimum atomic E-state index is -3.61. The largest absolute Gasteiger partial charge is 0.392 e. The maximum Gasteiger partial charge on any atom is 0.240 e. The van der Waals surface area contributed by atoms with Crippen LogP contribution in [0.4, 0.5) is 0 Å². The van der Waals surface area contributed by atoms with Gasteiger partial charge in [0.2, 0.25) is 10.0 Å². The van der Waals surface area contributed by atoms with Crippen molar-refractivity contribution < 1.29 is 23.0 Å². The fourth-order valence-corrected chi connectivity index (χ4v) is 7.61. The number of likely N-dealkylation sites (tertiary alicyclic amines) is 1. The molecule has 1 unspecified atom stereocenters. The molecular weight excluding hydrogens is 596 g/mol. The third kappa shape index (κ3) is 8.12. The molecule has 2 heterocycles. The van der Waals surface area contributed by atoms with Crippen molar-refractivity contribution in [2.45, 2.75) is 74.6 Å². The SMILES string of the molecule is O=S(=O)(NCc1ccc(C2O[C@H](CN3CCCCCCC3)[C@@H](c3ccccc3)[C@H](c3ccc(CO)cc3)O2)cc1)c1ccccc1. The normalized spacial score (nSPS) is 23.0. The van der Waals surface area contributed by atoms with Gasteiger partial charge in [0.25, 0.3) is 0 Å². The summed E-state index contributed by atoms with van der Waals surface area (Å²) in [4.78, 5) is 2.81. The van der Waals surface area contributed by atoms with Gasteiger partial charge in [-0.05, 0) is 60.3 Å². The van der Waals surface area contributed by atoms with Crippen molar-refractivity contribution in [1.29, 1.82) is 0 Å². The van der Waals surface area contributed by atoms with Gasteiger partial charge in [-0.15, -0.1) is 0 Å². The van der Waals surface area contributed by atoms with E-state index in [0.717, 1.165) is 41.9 Å². The Kier molecular flexibility index (Phi) is 11.0. The Labute approximate surface area is 273 Å². The van der Waals surface area contributed by atoms with Gasteiger partial charge in [0, 0.05) is 24.6 Å².